The molecule has 0 saturated heterocycles. The lowest BCUT2D eigenvalue weighted by molar-refractivity contribution is -0.121. The van der Waals surface area contributed by atoms with Gasteiger partial charge in [0.15, 0.2) is 0 Å². The lowest BCUT2D eigenvalue weighted by atomic mass is 10.1. The molecule has 1 aromatic heterocycles. The summed E-state index contributed by atoms with van der Waals surface area (Å²) in [6, 6.07) is 4.05. The van der Waals surface area contributed by atoms with Gasteiger partial charge in [0, 0.05) is 24.4 Å². The molecule has 4 heteroatoms. The van der Waals surface area contributed by atoms with Crippen LogP contribution >= 0.6 is 11.3 Å². The number of carbonyl (C=O) groups is 1. The zero-order valence-corrected chi connectivity index (χ0v) is 10.4. The lowest BCUT2D eigenvalue weighted by Crippen LogP contribution is -2.28. The first-order valence-electron chi connectivity index (χ1n) is 5.62. The number of aryl methyl sites for hydroxylation is 1. The highest BCUT2D eigenvalue weighted by atomic mass is 32.1. The number of nitrogens with one attached hydrogen (secondary N) is 1. The zero-order chi connectivity index (χ0) is 11.8. The molecule has 0 saturated carbocycles. The largest absolute Gasteiger partial charge is 0.396 e. The molecule has 0 aromatic carbocycles. The van der Waals surface area contributed by atoms with Crippen molar-refractivity contribution in [1.29, 1.82) is 0 Å². The van der Waals surface area contributed by atoms with Crippen LogP contribution in [0.3, 0.4) is 0 Å². The molecule has 16 heavy (non-hydrogen) atoms. The number of aliphatic hydroxyl groups excluding tert-OH is 1. The van der Waals surface area contributed by atoms with Crippen molar-refractivity contribution in [2.24, 2.45) is 5.92 Å². The first-order valence-corrected chi connectivity index (χ1v) is 6.50. The maximum absolute atomic E-state index is 11.5. The van der Waals surface area contributed by atoms with Gasteiger partial charge >= 0.3 is 0 Å². The third kappa shape index (κ3) is 5.28. The Balaban J connectivity index is 2.11. The summed E-state index contributed by atoms with van der Waals surface area (Å²) >= 11 is 1.68. The number of thiophene rings is 1. The van der Waals surface area contributed by atoms with Crippen molar-refractivity contribution in [1.82, 2.24) is 5.32 Å². The van der Waals surface area contributed by atoms with E-state index in [-0.39, 0.29) is 12.5 Å². The quantitative estimate of drug-likeness (QED) is 0.765. The van der Waals surface area contributed by atoms with Gasteiger partial charge in [-0.15, -0.1) is 11.3 Å². The number of amides is 1. The van der Waals surface area contributed by atoms with Crippen molar-refractivity contribution in [2.75, 3.05) is 13.2 Å². The third-order valence-corrected chi connectivity index (χ3v) is 3.38. The van der Waals surface area contributed by atoms with E-state index in [4.69, 9.17) is 5.11 Å². The van der Waals surface area contributed by atoms with E-state index in [1.165, 1.54) is 4.88 Å². The van der Waals surface area contributed by atoms with E-state index in [2.05, 4.69) is 5.32 Å². The molecule has 0 fully saturated rings. The monoisotopic (exact) mass is 241 g/mol. The minimum Gasteiger partial charge on any atom is -0.396 e. The van der Waals surface area contributed by atoms with E-state index < -0.39 is 0 Å². The fourth-order valence-electron chi connectivity index (χ4n) is 1.39. The number of hydrogen-bond donors (Lipinski definition) is 2. The van der Waals surface area contributed by atoms with Gasteiger partial charge in [-0.2, -0.15) is 0 Å². The average molecular weight is 241 g/mol. The van der Waals surface area contributed by atoms with Crippen LogP contribution in [-0.2, 0) is 11.2 Å². The summed E-state index contributed by atoms with van der Waals surface area (Å²) < 4.78 is 0. The van der Waals surface area contributed by atoms with Crippen molar-refractivity contribution in [3.05, 3.63) is 22.4 Å². The van der Waals surface area contributed by atoms with Crippen LogP contribution < -0.4 is 5.32 Å². The van der Waals surface area contributed by atoms with Gasteiger partial charge in [-0.1, -0.05) is 13.0 Å². The highest BCUT2D eigenvalue weighted by molar-refractivity contribution is 7.09. The zero-order valence-electron chi connectivity index (χ0n) is 9.61. The van der Waals surface area contributed by atoms with E-state index in [1.54, 1.807) is 11.3 Å². The molecule has 1 heterocycles. The average Bonchev–Trinajstić information content (AvgIpc) is 2.77. The molecule has 0 aliphatic rings. The molecule has 1 amide bonds. The highest BCUT2D eigenvalue weighted by Gasteiger charge is 2.05. The molecule has 0 bridgehead atoms. The van der Waals surface area contributed by atoms with E-state index in [0.717, 1.165) is 12.8 Å². The molecule has 0 aliphatic carbocycles. The maximum atomic E-state index is 11.5. The Morgan fingerprint density at radius 3 is 3.06 bits per heavy atom. The van der Waals surface area contributed by atoms with Crippen molar-refractivity contribution >= 4 is 17.2 Å². The van der Waals surface area contributed by atoms with Crippen molar-refractivity contribution in [2.45, 2.75) is 26.2 Å². The van der Waals surface area contributed by atoms with Gasteiger partial charge in [0.1, 0.15) is 0 Å². The standard InChI is InChI=1S/C12H19NO2S/c1-10(6-7-14)9-13-12(15)5-4-11-3-2-8-16-11/h2-3,8,10,14H,4-7,9H2,1H3,(H,13,15). The molecule has 2 N–H and O–H groups in total. The molecule has 1 aromatic rings. The lowest BCUT2D eigenvalue weighted by Gasteiger charge is -2.10. The number of hydrogen-bond acceptors (Lipinski definition) is 3. The summed E-state index contributed by atoms with van der Waals surface area (Å²) in [5.41, 5.74) is 0. The van der Waals surface area contributed by atoms with Crippen LogP contribution in [0.4, 0.5) is 0 Å². The fraction of sp³-hybridized carbons (Fsp3) is 0.583. The summed E-state index contributed by atoms with van der Waals surface area (Å²) in [5, 5.41) is 13.6. The van der Waals surface area contributed by atoms with E-state index in [9.17, 15) is 4.79 Å². The van der Waals surface area contributed by atoms with Gasteiger partial charge < -0.3 is 10.4 Å². The second-order valence-corrected chi connectivity index (χ2v) is 5.03. The van der Waals surface area contributed by atoms with Crippen LogP contribution in [-0.4, -0.2) is 24.2 Å². The van der Waals surface area contributed by atoms with Gasteiger partial charge in [-0.3, -0.25) is 4.79 Å². The van der Waals surface area contributed by atoms with Crippen molar-refractivity contribution in [3.63, 3.8) is 0 Å². The molecule has 0 spiro atoms. The van der Waals surface area contributed by atoms with Gasteiger partial charge in [-0.25, -0.2) is 0 Å². The normalized spacial score (nSPS) is 12.4. The van der Waals surface area contributed by atoms with Crippen LogP contribution in [0.2, 0.25) is 0 Å². The molecular formula is C12H19NO2S. The summed E-state index contributed by atoms with van der Waals surface area (Å²) in [7, 11) is 0. The van der Waals surface area contributed by atoms with Crippen LogP contribution in [0.5, 0.6) is 0 Å². The predicted molar refractivity (Wildman–Crippen MR) is 66.5 cm³/mol. The second kappa shape index (κ2) is 7.41. The van der Waals surface area contributed by atoms with Crippen molar-refractivity contribution in [3.8, 4) is 0 Å². The molecule has 1 unspecified atom stereocenters. The first-order chi connectivity index (χ1) is 7.72. The maximum Gasteiger partial charge on any atom is 0.220 e. The van der Waals surface area contributed by atoms with Crippen LogP contribution in [0.15, 0.2) is 17.5 Å². The molecule has 3 nitrogen and oxygen atoms in total. The Kier molecular flexibility index (Phi) is 6.11. The van der Waals surface area contributed by atoms with Crippen LogP contribution in [0.1, 0.15) is 24.6 Å². The number of rotatable bonds is 7. The highest BCUT2D eigenvalue weighted by Crippen LogP contribution is 2.10. The molecule has 90 valence electrons. The molecule has 1 atom stereocenters. The molecule has 0 radical (unpaired) electrons. The Morgan fingerprint density at radius 2 is 2.44 bits per heavy atom. The van der Waals surface area contributed by atoms with Crippen LogP contribution in [0, 0.1) is 5.92 Å². The summed E-state index contributed by atoms with van der Waals surface area (Å²) in [5.74, 6) is 0.439. The Morgan fingerprint density at radius 1 is 1.62 bits per heavy atom. The van der Waals surface area contributed by atoms with E-state index in [0.29, 0.717) is 18.9 Å². The summed E-state index contributed by atoms with van der Waals surface area (Å²) in [6.07, 6.45) is 2.11. The van der Waals surface area contributed by atoms with E-state index >= 15 is 0 Å². The number of carbonyl (C=O) groups excluding carboxylic acids is 1. The third-order valence-electron chi connectivity index (χ3n) is 2.45. The Hall–Kier alpha value is -0.870. The fourth-order valence-corrected chi connectivity index (χ4v) is 2.10. The molecule has 0 aliphatic heterocycles. The van der Waals surface area contributed by atoms with Crippen molar-refractivity contribution < 1.29 is 9.90 Å². The Bertz CT molecular complexity index is 298. The van der Waals surface area contributed by atoms with Gasteiger partial charge in [0.2, 0.25) is 5.91 Å². The van der Waals surface area contributed by atoms with Crippen LogP contribution in [0.25, 0.3) is 0 Å². The van der Waals surface area contributed by atoms with Gasteiger partial charge in [-0.05, 0) is 30.2 Å². The summed E-state index contributed by atoms with van der Waals surface area (Å²) in [4.78, 5) is 12.7. The first kappa shape index (κ1) is 13.2. The molecule has 1 rings (SSSR count). The SMILES string of the molecule is CC(CCO)CNC(=O)CCc1cccs1. The number of aliphatic hydroxyl groups is 1. The second-order valence-electron chi connectivity index (χ2n) is 4.00. The Labute approximate surface area is 100 Å². The van der Waals surface area contributed by atoms with E-state index in [1.807, 2.05) is 24.4 Å². The molecular weight excluding hydrogens is 222 g/mol. The predicted octanol–water partition coefficient (Wildman–Crippen LogP) is 1.82. The smallest absolute Gasteiger partial charge is 0.220 e. The minimum atomic E-state index is 0.0955. The minimum absolute atomic E-state index is 0.0955. The van der Waals surface area contributed by atoms with Gasteiger partial charge in [0.25, 0.3) is 0 Å². The van der Waals surface area contributed by atoms with Gasteiger partial charge in [0.05, 0.1) is 0 Å². The summed E-state index contributed by atoms with van der Waals surface area (Å²) in [6.45, 7) is 2.87. The topological polar surface area (TPSA) is 49.3 Å².